The third-order valence-corrected chi connectivity index (χ3v) is 2.94. The summed E-state index contributed by atoms with van der Waals surface area (Å²) in [6.07, 6.45) is 5.81. The van der Waals surface area contributed by atoms with Crippen LogP contribution in [0.15, 0.2) is 12.4 Å². The molecule has 0 aliphatic carbocycles. The van der Waals surface area contributed by atoms with Crippen molar-refractivity contribution in [2.24, 2.45) is 5.92 Å². The minimum Gasteiger partial charge on any atom is -0.390 e. The van der Waals surface area contributed by atoms with Crippen molar-refractivity contribution >= 4 is 5.82 Å². The summed E-state index contributed by atoms with van der Waals surface area (Å²) in [6, 6.07) is 0. The van der Waals surface area contributed by atoms with Gasteiger partial charge < -0.3 is 10.0 Å². The molecule has 15 heavy (non-hydrogen) atoms. The van der Waals surface area contributed by atoms with E-state index in [0.717, 1.165) is 24.8 Å². The fraction of sp³-hybridized carbons (Fsp3) is 0.636. The van der Waals surface area contributed by atoms with Crippen LogP contribution in [-0.2, 0) is 6.61 Å². The van der Waals surface area contributed by atoms with Crippen LogP contribution < -0.4 is 4.90 Å². The first-order chi connectivity index (χ1) is 7.29. The van der Waals surface area contributed by atoms with Crippen molar-refractivity contribution in [3.8, 4) is 0 Å². The molecule has 2 rings (SSSR count). The van der Waals surface area contributed by atoms with Crippen LogP contribution in [0.25, 0.3) is 0 Å². The second-order valence-electron chi connectivity index (χ2n) is 4.20. The van der Waals surface area contributed by atoms with Crippen molar-refractivity contribution < 1.29 is 5.11 Å². The van der Waals surface area contributed by atoms with Crippen LogP contribution in [0.4, 0.5) is 5.82 Å². The number of nitrogens with zero attached hydrogens (tertiary/aromatic N) is 3. The highest BCUT2D eigenvalue weighted by Gasteiger charge is 2.17. The molecule has 1 saturated heterocycles. The number of aliphatic hydroxyl groups is 1. The molecule has 1 fully saturated rings. The van der Waals surface area contributed by atoms with Gasteiger partial charge in [-0.1, -0.05) is 6.92 Å². The quantitative estimate of drug-likeness (QED) is 0.791. The van der Waals surface area contributed by atoms with Gasteiger partial charge in [-0.3, -0.25) is 4.98 Å². The van der Waals surface area contributed by atoms with E-state index < -0.39 is 0 Å². The fourth-order valence-corrected chi connectivity index (χ4v) is 1.86. The zero-order chi connectivity index (χ0) is 10.7. The molecule has 0 atom stereocenters. The molecule has 0 spiro atoms. The first-order valence-electron chi connectivity index (χ1n) is 5.46. The van der Waals surface area contributed by atoms with E-state index in [1.165, 1.54) is 12.8 Å². The van der Waals surface area contributed by atoms with Gasteiger partial charge >= 0.3 is 0 Å². The van der Waals surface area contributed by atoms with E-state index in [9.17, 15) is 0 Å². The highest BCUT2D eigenvalue weighted by molar-refractivity contribution is 5.36. The van der Waals surface area contributed by atoms with Gasteiger partial charge in [0.25, 0.3) is 0 Å². The van der Waals surface area contributed by atoms with Crippen LogP contribution in [0, 0.1) is 5.92 Å². The van der Waals surface area contributed by atoms with Gasteiger partial charge in [0.05, 0.1) is 24.7 Å². The highest BCUT2D eigenvalue weighted by Crippen LogP contribution is 2.20. The summed E-state index contributed by atoms with van der Waals surface area (Å²) < 4.78 is 0. The Morgan fingerprint density at radius 2 is 2.13 bits per heavy atom. The lowest BCUT2D eigenvalue weighted by atomic mass is 9.99. The Morgan fingerprint density at radius 3 is 2.80 bits per heavy atom. The molecule has 82 valence electrons. The molecule has 1 N–H and O–H groups in total. The third-order valence-electron chi connectivity index (χ3n) is 2.94. The molecule has 0 amide bonds. The molecule has 1 aliphatic heterocycles. The summed E-state index contributed by atoms with van der Waals surface area (Å²) in [6.45, 7) is 4.34. The molecule has 4 nitrogen and oxygen atoms in total. The zero-order valence-electron chi connectivity index (χ0n) is 9.06. The van der Waals surface area contributed by atoms with Crippen molar-refractivity contribution in [2.45, 2.75) is 26.4 Å². The Balaban J connectivity index is 2.08. The number of hydrogen-bond donors (Lipinski definition) is 1. The predicted molar refractivity (Wildman–Crippen MR) is 58.6 cm³/mol. The SMILES string of the molecule is CC1CCN(c2cncc(CO)n2)CC1. The molecule has 0 unspecified atom stereocenters. The monoisotopic (exact) mass is 207 g/mol. The molecule has 0 radical (unpaired) electrons. The van der Waals surface area contributed by atoms with Gasteiger partial charge in [0.1, 0.15) is 5.82 Å². The average Bonchev–Trinajstić information content (AvgIpc) is 2.30. The fourth-order valence-electron chi connectivity index (χ4n) is 1.86. The maximum Gasteiger partial charge on any atom is 0.147 e. The Bertz CT molecular complexity index is 321. The average molecular weight is 207 g/mol. The van der Waals surface area contributed by atoms with Crippen LogP contribution >= 0.6 is 0 Å². The minimum atomic E-state index is -0.0366. The van der Waals surface area contributed by atoms with Crippen molar-refractivity contribution in [1.29, 1.82) is 0 Å². The molecule has 0 aromatic carbocycles. The molecule has 2 heterocycles. The molecule has 0 bridgehead atoms. The van der Waals surface area contributed by atoms with E-state index in [-0.39, 0.29) is 6.61 Å². The summed E-state index contributed by atoms with van der Waals surface area (Å²) in [4.78, 5) is 10.7. The standard InChI is InChI=1S/C11H17N3O/c1-9-2-4-14(5-3-9)11-7-12-6-10(8-15)13-11/h6-7,9,15H,2-5,8H2,1H3. The molecular weight excluding hydrogens is 190 g/mol. The normalized spacial score (nSPS) is 18.1. The van der Waals surface area contributed by atoms with Crippen LogP contribution in [0.5, 0.6) is 0 Å². The van der Waals surface area contributed by atoms with Crippen molar-refractivity contribution in [3.05, 3.63) is 18.1 Å². The van der Waals surface area contributed by atoms with E-state index in [4.69, 9.17) is 5.11 Å². The summed E-state index contributed by atoms with van der Waals surface area (Å²) >= 11 is 0. The van der Waals surface area contributed by atoms with E-state index in [0.29, 0.717) is 5.69 Å². The smallest absolute Gasteiger partial charge is 0.147 e. The van der Waals surface area contributed by atoms with Gasteiger partial charge in [-0.15, -0.1) is 0 Å². The topological polar surface area (TPSA) is 49.2 Å². The van der Waals surface area contributed by atoms with Gasteiger partial charge in [-0.2, -0.15) is 0 Å². The summed E-state index contributed by atoms with van der Waals surface area (Å²) in [5.74, 6) is 1.71. The number of anilines is 1. The van der Waals surface area contributed by atoms with E-state index in [1.807, 2.05) is 0 Å². The summed E-state index contributed by atoms with van der Waals surface area (Å²) in [5.41, 5.74) is 0.645. The zero-order valence-corrected chi connectivity index (χ0v) is 9.06. The molecule has 1 aromatic heterocycles. The molecule has 0 saturated carbocycles. The number of aromatic nitrogens is 2. The number of hydrogen-bond acceptors (Lipinski definition) is 4. The van der Waals surface area contributed by atoms with Crippen molar-refractivity contribution in [2.75, 3.05) is 18.0 Å². The van der Waals surface area contributed by atoms with Crippen molar-refractivity contribution in [3.63, 3.8) is 0 Å². The minimum absolute atomic E-state index is 0.0366. The van der Waals surface area contributed by atoms with Crippen LogP contribution in [0.2, 0.25) is 0 Å². The Kier molecular flexibility index (Phi) is 3.16. The van der Waals surface area contributed by atoms with Gasteiger partial charge in [0.2, 0.25) is 0 Å². The van der Waals surface area contributed by atoms with Gasteiger partial charge in [0.15, 0.2) is 0 Å². The van der Waals surface area contributed by atoms with Gasteiger partial charge in [-0.25, -0.2) is 4.98 Å². The lowest BCUT2D eigenvalue weighted by Gasteiger charge is -2.31. The van der Waals surface area contributed by atoms with Crippen molar-refractivity contribution in [1.82, 2.24) is 9.97 Å². The van der Waals surface area contributed by atoms with E-state index >= 15 is 0 Å². The number of aliphatic hydroxyl groups excluding tert-OH is 1. The van der Waals surface area contributed by atoms with Crippen LogP contribution in [-0.4, -0.2) is 28.2 Å². The lowest BCUT2D eigenvalue weighted by Crippen LogP contribution is -2.33. The second kappa shape index (κ2) is 4.57. The Hall–Kier alpha value is -1.16. The molecule has 1 aromatic rings. The number of piperidine rings is 1. The Morgan fingerprint density at radius 1 is 1.40 bits per heavy atom. The number of rotatable bonds is 2. The summed E-state index contributed by atoms with van der Waals surface area (Å²) in [5, 5.41) is 8.98. The first-order valence-corrected chi connectivity index (χ1v) is 5.46. The molecular formula is C11H17N3O. The second-order valence-corrected chi connectivity index (χ2v) is 4.20. The Labute approximate surface area is 90.0 Å². The highest BCUT2D eigenvalue weighted by atomic mass is 16.3. The van der Waals surface area contributed by atoms with Crippen LogP contribution in [0.1, 0.15) is 25.5 Å². The van der Waals surface area contributed by atoms with Gasteiger partial charge in [-0.05, 0) is 18.8 Å². The maximum absolute atomic E-state index is 8.98. The lowest BCUT2D eigenvalue weighted by molar-refractivity contribution is 0.276. The maximum atomic E-state index is 8.98. The van der Waals surface area contributed by atoms with Crippen LogP contribution in [0.3, 0.4) is 0 Å². The predicted octanol–water partition coefficient (Wildman–Crippen LogP) is 1.21. The summed E-state index contributed by atoms with van der Waals surface area (Å²) in [7, 11) is 0. The third kappa shape index (κ3) is 2.45. The first kappa shape index (κ1) is 10.4. The molecule has 4 heteroatoms. The van der Waals surface area contributed by atoms with Gasteiger partial charge in [0, 0.05) is 13.1 Å². The molecule has 1 aliphatic rings. The largest absolute Gasteiger partial charge is 0.390 e. The van der Waals surface area contributed by atoms with E-state index in [1.54, 1.807) is 12.4 Å². The van der Waals surface area contributed by atoms with E-state index in [2.05, 4.69) is 21.8 Å².